The number of methoxy groups -OCH3 is 2. The van der Waals surface area contributed by atoms with Crippen LogP contribution in [0, 0.1) is 13.8 Å². The van der Waals surface area contributed by atoms with Crippen molar-refractivity contribution in [2.75, 3.05) is 45.4 Å². The number of rotatable bonds is 6. The van der Waals surface area contributed by atoms with E-state index in [4.69, 9.17) is 25.8 Å². The van der Waals surface area contributed by atoms with Gasteiger partial charge in [-0.3, -0.25) is 4.90 Å². The summed E-state index contributed by atoms with van der Waals surface area (Å²) < 4.78 is 15.8. The zero-order valence-corrected chi connectivity index (χ0v) is 20.7. The Balaban J connectivity index is 1.50. The topological polar surface area (TPSA) is 51.2 Å². The lowest BCUT2D eigenvalue weighted by molar-refractivity contribution is -0.142. The number of piperazine rings is 1. The maximum Gasteiger partial charge on any atom is 0.343 e. The van der Waals surface area contributed by atoms with Crippen molar-refractivity contribution in [3.63, 3.8) is 0 Å². The van der Waals surface area contributed by atoms with Crippen LogP contribution in [-0.4, -0.2) is 57.4 Å². The van der Waals surface area contributed by atoms with Gasteiger partial charge < -0.3 is 19.1 Å². The predicted octanol–water partition coefficient (Wildman–Crippen LogP) is 4.93. The number of hydrogen-bond acceptors (Lipinski definition) is 6. The first-order valence-electron chi connectivity index (χ1n) is 11.6. The number of fused-ring (bicyclic) bond motifs is 1. The zero-order valence-electron chi connectivity index (χ0n) is 19.9. The van der Waals surface area contributed by atoms with Crippen LogP contribution < -0.4 is 14.4 Å². The second-order valence-corrected chi connectivity index (χ2v) is 9.28. The molecular weight excluding hydrogens is 440 g/mol. The van der Waals surface area contributed by atoms with Gasteiger partial charge in [-0.05, 0) is 68.0 Å². The van der Waals surface area contributed by atoms with Gasteiger partial charge in [0.2, 0.25) is 0 Å². The number of piperidine rings is 1. The molecule has 178 valence electrons. The Labute approximate surface area is 201 Å². The van der Waals surface area contributed by atoms with Crippen LogP contribution >= 0.6 is 11.6 Å². The Morgan fingerprint density at radius 2 is 1.88 bits per heavy atom. The standard InChI is InChI=1S/C26H33ClN2O4/c1-17-18(2)24(33-16-26(30)32-4)11-9-21(17)23-7-5-6-20-15-28(12-13-29(20)23)19-8-10-22(27)25(14-19)31-3/h8-11,14,20,23H,5-7,12-13,15-16H2,1-4H3/t20?,23-/m1/s1. The molecule has 0 aliphatic carbocycles. The number of esters is 1. The molecule has 2 aromatic rings. The third-order valence-electron chi connectivity index (χ3n) is 7.15. The largest absolute Gasteiger partial charge is 0.495 e. The Bertz CT molecular complexity index is 1010. The zero-order chi connectivity index (χ0) is 23.5. The number of anilines is 1. The summed E-state index contributed by atoms with van der Waals surface area (Å²) in [7, 11) is 3.03. The minimum atomic E-state index is -0.373. The number of halogens is 1. The van der Waals surface area contributed by atoms with Gasteiger partial charge in [0.1, 0.15) is 11.5 Å². The molecule has 2 fully saturated rings. The lowest BCUT2D eigenvalue weighted by Gasteiger charge is -2.49. The first-order chi connectivity index (χ1) is 15.9. The van der Waals surface area contributed by atoms with E-state index in [2.05, 4.69) is 35.8 Å². The normalized spacial score (nSPS) is 20.8. The number of hydrogen-bond donors (Lipinski definition) is 0. The Morgan fingerprint density at radius 1 is 1.06 bits per heavy atom. The van der Waals surface area contributed by atoms with Crippen LogP contribution in [0.1, 0.15) is 42.0 Å². The average Bonchev–Trinajstić information content (AvgIpc) is 2.84. The van der Waals surface area contributed by atoms with E-state index in [0.29, 0.717) is 17.1 Å². The summed E-state index contributed by atoms with van der Waals surface area (Å²) in [5.41, 5.74) is 4.86. The molecule has 0 spiro atoms. The van der Waals surface area contributed by atoms with Crippen molar-refractivity contribution in [1.82, 2.24) is 4.90 Å². The molecule has 33 heavy (non-hydrogen) atoms. The predicted molar refractivity (Wildman–Crippen MR) is 131 cm³/mol. The van der Waals surface area contributed by atoms with E-state index in [0.717, 1.165) is 48.8 Å². The van der Waals surface area contributed by atoms with Crippen molar-refractivity contribution >= 4 is 23.3 Å². The molecule has 2 aliphatic heterocycles. The van der Waals surface area contributed by atoms with Crippen LogP contribution in [0.15, 0.2) is 30.3 Å². The monoisotopic (exact) mass is 472 g/mol. The van der Waals surface area contributed by atoms with Crippen molar-refractivity contribution in [2.24, 2.45) is 0 Å². The average molecular weight is 473 g/mol. The fraction of sp³-hybridized carbons (Fsp3) is 0.500. The third kappa shape index (κ3) is 4.92. The third-order valence-corrected chi connectivity index (χ3v) is 7.47. The van der Waals surface area contributed by atoms with E-state index in [9.17, 15) is 4.79 Å². The summed E-state index contributed by atoms with van der Waals surface area (Å²) in [6, 6.07) is 11.1. The molecule has 0 amide bonds. The van der Waals surface area contributed by atoms with Crippen molar-refractivity contribution in [1.29, 1.82) is 0 Å². The summed E-state index contributed by atoms with van der Waals surface area (Å²) in [6.45, 7) is 7.14. The molecule has 0 N–H and O–H groups in total. The lowest BCUT2D eigenvalue weighted by Crippen LogP contribution is -2.56. The van der Waals surface area contributed by atoms with Gasteiger partial charge in [0.25, 0.3) is 0 Å². The van der Waals surface area contributed by atoms with E-state index in [1.807, 2.05) is 18.2 Å². The molecule has 2 heterocycles. The van der Waals surface area contributed by atoms with Crippen molar-refractivity contribution in [3.8, 4) is 11.5 Å². The number of ether oxygens (including phenoxy) is 3. The van der Waals surface area contributed by atoms with Gasteiger partial charge >= 0.3 is 5.97 Å². The number of carbonyl (C=O) groups excluding carboxylic acids is 1. The van der Waals surface area contributed by atoms with E-state index in [1.54, 1.807) is 7.11 Å². The van der Waals surface area contributed by atoms with Gasteiger partial charge in [0.15, 0.2) is 6.61 Å². The maximum absolute atomic E-state index is 11.5. The van der Waals surface area contributed by atoms with Gasteiger partial charge in [-0.25, -0.2) is 4.79 Å². The van der Waals surface area contributed by atoms with Crippen LogP contribution in [-0.2, 0) is 9.53 Å². The molecule has 2 atom stereocenters. The van der Waals surface area contributed by atoms with Gasteiger partial charge in [0.05, 0.1) is 19.2 Å². The van der Waals surface area contributed by atoms with E-state index >= 15 is 0 Å². The van der Waals surface area contributed by atoms with E-state index in [1.165, 1.54) is 31.1 Å². The highest BCUT2D eigenvalue weighted by atomic mass is 35.5. The highest BCUT2D eigenvalue weighted by Crippen LogP contribution is 2.40. The second-order valence-electron chi connectivity index (χ2n) is 8.87. The molecule has 0 aromatic heterocycles. The molecule has 0 saturated carbocycles. The molecule has 2 aliphatic rings. The molecular formula is C26H33ClN2O4. The fourth-order valence-corrected chi connectivity index (χ4v) is 5.39. The maximum atomic E-state index is 11.5. The quantitative estimate of drug-likeness (QED) is 0.555. The van der Waals surface area contributed by atoms with E-state index < -0.39 is 0 Å². The van der Waals surface area contributed by atoms with Crippen LogP contribution in [0.25, 0.3) is 0 Å². The molecule has 6 nitrogen and oxygen atoms in total. The number of nitrogens with zero attached hydrogens (tertiary/aromatic N) is 2. The Hall–Kier alpha value is -2.44. The van der Waals surface area contributed by atoms with Crippen LogP contribution in [0.2, 0.25) is 5.02 Å². The lowest BCUT2D eigenvalue weighted by atomic mass is 9.86. The molecule has 1 unspecified atom stereocenters. The minimum absolute atomic E-state index is 0.0704. The van der Waals surface area contributed by atoms with Crippen molar-refractivity contribution in [2.45, 2.75) is 45.2 Å². The first-order valence-corrected chi connectivity index (χ1v) is 11.9. The number of benzene rings is 2. The van der Waals surface area contributed by atoms with Gasteiger partial charge in [-0.1, -0.05) is 17.7 Å². The van der Waals surface area contributed by atoms with Gasteiger partial charge in [-0.15, -0.1) is 0 Å². The fourth-order valence-electron chi connectivity index (χ4n) is 5.19. The molecule has 0 bridgehead atoms. The minimum Gasteiger partial charge on any atom is -0.495 e. The molecule has 7 heteroatoms. The highest BCUT2D eigenvalue weighted by Gasteiger charge is 2.36. The van der Waals surface area contributed by atoms with Crippen molar-refractivity contribution < 1.29 is 19.0 Å². The number of carbonyl (C=O) groups is 1. The summed E-state index contributed by atoms with van der Waals surface area (Å²) in [5.74, 6) is 1.09. The van der Waals surface area contributed by atoms with Gasteiger partial charge in [0, 0.05) is 43.5 Å². The summed E-state index contributed by atoms with van der Waals surface area (Å²) in [4.78, 5) is 16.6. The molecule has 2 saturated heterocycles. The Kier molecular flexibility index (Phi) is 7.35. The summed E-state index contributed by atoms with van der Waals surface area (Å²) >= 11 is 6.23. The smallest absolute Gasteiger partial charge is 0.343 e. The molecule has 2 aromatic carbocycles. The van der Waals surface area contributed by atoms with Crippen molar-refractivity contribution in [3.05, 3.63) is 52.0 Å². The van der Waals surface area contributed by atoms with Crippen LogP contribution in [0.4, 0.5) is 5.69 Å². The SMILES string of the molecule is COC(=O)COc1ccc([C@H]2CCCC3CN(c4ccc(Cl)c(OC)c4)CCN32)c(C)c1C. The summed E-state index contributed by atoms with van der Waals surface area (Å²) in [6.07, 6.45) is 3.58. The Morgan fingerprint density at radius 3 is 2.64 bits per heavy atom. The van der Waals surface area contributed by atoms with Crippen LogP contribution in [0.3, 0.4) is 0 Å². The van der Waals surface area contributed by atoms with Gasteiger partial charge in [-0.2, -0.15) is 0 Å². The summed E-state index contributed by atoms with van der Waals surface area (Å²) in [5, 5.41) is 0.641. The van der Waals surface area contributed by atoms with E-state index in [-0.39, 0.29) is 12.6 Å². The highest BCUT2D eigenvalue weighted by molar-refractivity contribution is 6.32. The molecule has 0 radical (unpaired) electrons. The molecule has 4 rings (SSSR count). The second kappa shape index (κ2) is 10.2. The first kappa shape index (κ1) is 23.7. The van der Waals surface area contributed by atoms with Crippen LogP contribution in [0.5, 0.6) is 11.5 Å².